The maximum Gasteiger partial charge on any atom is 0.338 e. The molecule has 0 unspecified atom stereocenters. The summed E-state index contributed by atoms with van der Waals surface area (Å²) in [5, 5.41) is 9.13. The van der Waals surface area contributed by atoms with Crippen molar-refractivity contribution in [2.24, 2.45) is 0 Å². The average molecular weight is 192 g/mol. The molecule has 0 fully saturated rings. The van der Waals surface area contributed by atoms with Crippen molar-refractivity contribution in [2.45, 2.75) is 6.92 Å². The van der Waals surface area contributed by atoms with Gasteiger partial charge < -0.3 is 9.84 Å². The lowest BCUT2D eigenvalue weighted by Crippen LogP contribution is -2.06. The lowest BCUT2D eigenvalue weighted by molar-refractivity contribution is 0.0549. The molecule has 0 amide bonds. The third-order valence-electron chi connectivity index (χ3n) is 1.76. The second kappa shape index (κ2) is 4.46. The number of carbonyl (C=O) groups is 1. The van der Waals surface area contributed by atoms with E-state index < -0.39 is 5.97 Å². The first-order chi connectivity index (χ1) is 6.65. The number of hydrogen-bond acceptors (Lipinski definition) is 3. The SMILES string of the molecule is C=CCOC(=O)c1ccc(O)cc1C. The molecule has 0 aliphatic rings. The van der Waals surface area contributed by atoms with E-state index in [0.717, 1.165) is 0 Å². The van der Waals surface area contributed by atoms with Gasteiger partial charge in [-0.05, 0) is 30.7 Å². The molecular weight excluding hydrogens is 180 g/mol. The lowest BCUT2D eigenvalue weighted by atomic mass is 10.1. The Bertz CT molecular complexity index is 356. The molecule has 0 heterocycles. The molecule has 1 aromatic carbocycles. The van der Waals surface area contributed by atoms with Gasteiger partial charge in [-0.25, -0.2) is 4.79 Å². The first kappa shape index (κ1) is 10.3. The maximum atomic E-state index is 11.4. The van der Waals surface area contributed by atoms with Crippen LogP contribution in [-0.4, -0.2) is 17.7 Å². The summed E-state index contributed by atoms with van der Waals surface area (Å²) in [6.07, 6.45) is 1.51. The van der Waals surface area contributed by atoms with Crippen LogP contribution in [0.3, 0.4) is 0 Å². The molecule has 1 rings (SSSR count). The first-order valence-electron chi connectivity index (χ1n) is 4.23. The molecule has 74 valence electrons. The summed E-state index contributed by atoms with van der Waals surface area (Å²) in [6.45, 7) is 5.38. The third-order valence-corrected chi connectivity index (χ3v) is 1.76. The Balaban J connectivity index is 2.84. The van der Waals surface area contributed by atoms with Gasteiger partial charge in [0.2, 0.25) is 0 Å². The lowest BCUT2D eigenvalue weighted by Gasteiger charge is -2.05. The zero-order chi connectivity index (χ0) is 10.6. The first-order valence-corrected chi connectivity index (χ1v) is 4.23. The number of phenols is 1. The highest BCUT2D eigenvalue weighted by Gasteiger charge is 2.09. The fourth-order valence-electron chi connectivity index (χ4n) is 1.09. The fraction of sp³-hybridized carbons (Fsp3) is 0.182. The van der Waals surface area contributed by atoms with E-state index in [-0.39, 0.29) is 12.4 Å². The van der Waals surface area contributed by atoms with Crippen LogP contribution in [-0.2, 0) is 4.74 Å². The number of hydrogen-bond donors (Lipinski definition) is 1. The van der Waals surface area contributed by atoms with Crippen molar-refractivity contribution < 1.29 is 14.6 Å². The van der Waals surface area contributed by atoms with Gasteiger partial charge in [0.05, 0.1) is 5.56 Å². The Labute approximate surface area is 82.6 Å². The molecule has 3 nitrogen and oxygen atoms in total. The third kappa shape index (κ3) is 2.36. The average Bonchev–Trinajstić information content (AvgIpc) is 2.14. The molecule has 3 heteroatoms. The van der Waals surface area contributed by atoms with Crippen LogP contribution in [0.1, 0.15) is 15.9 Å². The second-order valence-corrected chi connectivity index (χ2v) is 2.89. The number of ether oxygens (including phenoxy) is 1. The molecule has 14 heavy (non-hydrogen) atoms. The topological polar surface area (TPSA) is 46.5 Å². The van der Waals surface area contributed by atoms with Gasteiger partial charge in [0.15, 0.2) is 0 Å². The predicted octanol–water partition coefficient (Wildman–Crippen LogP) is 2.04. The van der Waals surface area contributed by atoms with Crippen LogP contribution in [0.15, 0.2) is 30.9 Å². The minimum absolute atomic E-state index is 0.141. The smallest absolute Gasteiger partial charge is 0.338 e. The van der Waals surface area contributed by atoms with Crippen molar-refractivity contribution in [3.8, 4) is 5.75 Å². The van der Waals surface area contributed by atoms with Crippen LogP contribution in [0.2, 0.25) is 0 Å². The fourth-order valence-corrected chi connectivity index (χ4v) is 1.09. The van der Waals surface area contributed by atoms with E-state index in [4.69, 9.17) is 9.84 Å². The predicted molar refractivity (Wildman–Crippen MR) is 53.3 cm³/mol. The molecule has 0 saturated heterocycles. The van der Waals surface area contributed by atoms with E-state index >= 15 is 0 Å². The molecule has 0 spiro atoms. The van der Waals surface area contributed by atoms with Crippen molar-refractivity contribution in [1.82, 2.24) is 0 Å². The number of esters is 1. The van der Waals surface area contributed by atoms with Crippen LogP contribution in [0.4, 0.5) is 0 Å². The normalized spacial score (nSPS) is 9.50. The highest BCUT2D eigenvalue weighted by atomic mass is 16.5. The van der Waals surface area contributed by atoms with Gasteiger partial charge in [0, 0.05) is 0 Å². The van der Waals surface area contributed by atoms with Crippen molar-refractivity contribution in [2.75, 3.05) is 6.61 Å². The largest absolute Gasteiger partial charge is 0.508 e. The second-order valence-electron chi connectivity index (χ2n) is 2.89. The van der Waals surface area contributed by atoms with Crippen molar-refractivity contribution in [3.63, 3.8) is 0 Å². The number of carbonyl (C=O) groups excluding carboxylic acids is 1. The van der Waals surface area contributed by atoms with Gasteiger partial charge >= 0.3 is 5.97 Å². The van der Waals surface area contributed by atoms with Gasteiger partial charge in [-0.3, -0.25) is 0 Å². The standard InChI is InChI=1S/C11H12O3/c1-3-6-14-11(13)10-5-4-9(12)7-8(10)2/h3-5,7,12H,1,6H2,2H3. The molecule has 0 aliphatic carbocycles. The Morgan fingerprint density at radius 1 is 1.64 bits per heavy atom. The quantitative estimate of drug-likeness (QED) is 0.588. The van der Waals surface area contributed by atoms with Gasteiger partial charge in [-0.2, -0.15) is 0 Å². The van der Waals surface area contributed by atoms with Gasteiger partial charge in [-0.15, -0.1) is 0 Å². The van der Waals surface area contributed by atoms with Crippen LogP contribution in [0.25, 0.3) is 0 Å². The number of aryl methyl sites for hydroxylation is 1. The van der Waals surface area contributed by atoms with E-state index in [1.165, 1.54) is 24.3 Å². The summed E-state index contributed by atoms with van der Waals surface area (Å²) in [5.74, 6) is -0.259. The van der Waals surface area contributed by atoms with Crippen LogP contribution in [0, 0.1) is 6.92 Å². The summed E-state index contributed by atoms with van der Waals surface area (Å²) >= 11 is 0. The zero-order valence-corrected chi connectivity index (χ0v) is 7.99. The molecule has 1 aromatic rings. The Morgan fingerprint density at radius 3 is 2.93 bits per heavy atom. The summed E-state index contributed by atoms with van der Waals surface area (Å²) in [6, 6.07) is 4.51. The van der Waals surface area contributed by atoms with E-state index in [1.54, 1.807) is 6.92 Å². The minimum atomic E-state index is -0.401. The molecule has 0 saturated carbocycles. The molecule has 0 aliphatic heterocycles. The number of phenolic OH excluding ortho intramolecular Hbond substituents is 1. The molecule has 1 N–H and O–H groups in total. The Morgan fingerprint density at radius 2 is 2.36 bits per heavy atom. The van der Waals surface area contributed by atoms with E-state index in [2.05, 4.69) is 6.58 Å². The molecule has 0 bridgehead atoms. The van der Waals surface area contributed by atoms with Crippen LogP contribution < -0.4 is 0 Å². The van der Waals surface area contributed by atoms with Gasteiger partial charge in [0.25, 0.3) is 0 Å². The monoisotopic (exact) mass is 192 g/mol. The van der Waals surface area contributed by atoms with E-state index in [1.807, 2.05) is 0 Å². The van der Waals surface area contributed by atoms with E-state index in [0.29, 0.717) is 11.1 Å². The highest BCUT2D eigenvalue weighted by Crippen LogP contribution is 2.16. The van der Waals surface area contributed by atoms with Gasteiger partial charge in [0.1, 0.15) is 12.4 Å². The summed E-state index contributed by atoms with van der Waals surface area (Å²) in [4.78, 5) is 11.4. The van der Waals surface area contributed by atoms with Crippen LogP contribution in [0.5, 0.6) is 5.75 Å². The summed E-state index contributed by atoms with van der Waals surface area (Å²) in [7, 11) is 0. The minimum Gasteiger partial charge on any atom is -0.508 e. The number of benzene rings is 1. The van der Waals surface area contributed by atoms with Crippen molar-refractivity contribution >= 4 is 5.97 Å². The molecule has 0 radical (unpaired) electrons. The number of rotatable bonds is 3. The Kier molecular flexibility index (Phi) is 3.29. The van der Waals surface area contributed by atoms with Gasteiger partial charge in [-0.1, -0.05) is 12.7 Å². The van der Waals surface area contributed by atoms with Crippen molar-refractivity contribution in [3.05, 3.63) is 42.0 Å². The van der Waals surface area contributed by atoms with E-state index in [9.17, 15) is 4.79 Å². The number of aromatic hydroxyl groups is 1. The van der Waals surface area contributed by atoms with Crippen molar-refractivity contribution in [1.29, 1.82) is 0 Å². The summed E-state index contributed by atoms with van der Waals surface area (Å²) in [5.41, 5.74) is 1.16. The zero-order valence-electron chi connectivity index (χ0n) is 7.99. The molecule has 0 atom stereocenters. The van der Waals surface area contributed by atoms with Crippen LogP contribution >= 0.6 is 0 Å². The maximum absolute atomic E-state index is 11.4. The molecule has 0 aromatic heterocycles. The summed E-state index contributed by atoms with van der Waals surface area (Å²) < 4.78 is 4.86. The highest BCUT2D eigenvalue weighted by molar-refractivity contribution is 5.91. The Hall–Kier alpha value is -1.77. The molecular formula is C11H12O3.